The predicted molar refractivity (Wildman–Crippen MR) is 131 cm³/mol. The number of aromatic carboxylic acids is 1. The SMILES string of the molecule is O=C(O)c1cccc(-c2cnc([C@@H]3CCc4cc(-c5ccc(Cl)cc5-n5cnnn5)cc(=O)n43)[nH]2)c1F. The first-order chi connectivity index (χ1) is 17.9. The summed E-state index contributed by atoms with van der Waals surface area (Å²) in [4.78, 5) is 32.1. The van der Waals surface area contributed by atoms with Crippen molar-refractivity contribution in [3.8, 4) is 28.1 Å². The number of fused-ring (bicyclic) bond motifs is 1. The molecule has 0 saturated heterocycles. The highest BCUT2D eigenvalue weighted by Crippen LogP contribution is 2.34. The molecule has 3 aromatic heterocycles. The number of tetrazole rings is 1. The summed E-state index contributed by atoms with van der Waals surface area (Å²) in [5.74, 6) is -1.71. The fourth-order valence-corrected chi connectivity index (χ4v) is 4.93. The molecule has 6 rings (SSSR count). The molecule has 10 nitrogen and oxygen atoms in total. The normalized spacial score (nSPS) is 14.6. The van der Waals surface area contributed by atoms with Gasteiger partial charge in [0.2, 0.25) is 0 Å². The minimum Gasteiger partial charge on any atom is -0.478 e. The van der Waals surface area contributed by atoms with Crippen LogP contribution in [-0.2, 0) is 6.42 Å². The molecule has 0 amide bonds. The number of aromatic nitrogens is 7. The van der Waals surface area contributed by atoms with Crippen molar-refractivity contribution in [1.82, 2.24) is 34.7 Å². The van der Waals surface area contributed by atoms with E-state index >= 15 is 0 Å². The van der Waals surface area contributed by atoms with E-state index in [0.29, 0.717) is 40.6 Å². The number of carbonyl (C=O) groups is 1. The summed E-state index contributed by atoms with van der Waals surface area (Å²) in [6.45, 7) is 0. The van der Waals surface area contributed by atoms with E-state index < -0.39 is 17.3 Å². The number of rotatable bonds is 5. The number of aromatic amines is 1. The Hall–Kier alpha value is -4.64. The Bertz CT molecular complexity index is 1730. The number of aryl methyl sites for hydroxylation is 1. The van der Waals surface area contributed by atoms with E-state index in [1.807, 2.05) is 12.1 Å². The zero-order valence-corrected chi connectivity index (χ0v) is 19.7. The molecule has 0 saturated carbocycles. The summed E-state index contributed by atoms with van der Waals surface area (Å²) in [5.41, 5.74) is 2.69. The average Bonchev–Trinajstić information content (AvgIpc) is 3.64. The summed E-state index contributed by atoms with van der Waals surface area (Å²) in [6, 6.07) is 12.5. The summed E-state index contributed by atoms with van der Waals surface area (Å²) >= 11 is 6.20. The molecule has 12 heteroatoms. The van der Waals surface area contributed by atoms with Gasteiger partial charge >= 0.3 is 5.97 Å². The standard InChI is InChI=1S/C25H17ClFN7O3/c26-14-4-6-16(21(10-14)33-12-29-31-32-33)13-8-15-5-7-20(34(15)22(35)9-13)24-28-11-19(30-24)17-2-1-3-18(23(17)27)25(36)37/h1-4,6,8-12,20H,5,7H2,(H,28,30)(H,36,37)/t20-/m0/s1. The number of carboxylic acid groups (broad SMARTS) is 1. The highest BCUT2D eigenvalue weighted by molar-refractivity contribution is 6.30. The maximum absolute atomic E-state index is 14.8. The van der Waals surface area contributed by atoms with Crippen molar-refractivity contribution in [2.24, 2.45) is 0 Å². The Morgan fingerprint density at radius 1 is 1.16 bits per heavy atom. The van der Waals surface area contributed by atoms with Gasteiger partial charge in [-0.05, 0) is 59.2 Å². The molecule has 1 aliphatic heterocycles. The number of hydrogen-bond donors (Lipinski definition) is 2. The highest BCUT2D eigenvalue weighted by atomic mass is 35.5. The number of halogens is 2. The maximum atomic E-state index is 14.8. The summed E-state index contributed by atoms with van der Waals surface area (Å²) in [6.07, 6.45) is 4.14. The first kappa shape index (κ1) is 22.8. The topological polar surface area (TPSA) is 132 Å². The van der Waals surface area contributed by atoms with Crippen molar-refractivity contribution in [1.29, 1.82) is 0 Å². The number of nitrogens with one attached hydrogen (secondary N) is 1. The van der Waals surface area contributed by atoms with E-state index in [2.05, 4.69) is 25.5 Å². The van der Waals surface area contributed by atoms with Gasteiger partial charge < -0.3 is 14.7 Å². The van der Waals surface area contributed by atoms with Gasteiger partial charge in [0, 0.05) is 27.9 Å². The van der Waals surface area contributed by atoms with E-state index in [1.165, 1.54) is 35.4 Å². The number of nitrogens with zero attached hydrogens (tertiary/aromatic N) is 6. The molecule has 5 aromatic rings. The van der Waals surface area contributed by atoms with Gasteiger partial charge in [-0.3, -0.25) is 4.79 Å². The lowest BCUT2D eigenvalue weighted by Crippen LogP contribution is -2.23. The summed E-state index contributed by atoms with van der Waals surface area (Å²) in [7, 11) is 0. The number of H-pyrrole nitrogens is 1. The van der Waals surface area contributed by atoms with Gasteiger partial charge in [0.25, 0.3) is 5.56 Å². The molecule has 0 unspecified atom stereocenters. The van der Waals surface area contributed by atoms with E-state index in [-0.39, 0.29) is 17.2 Å². The second-order valence-electron chi connectivity index (χ2n) is 8.57. The third kappa shape index (κ3) is 3.89. The van der Waals surface area contributed by atoms with Crippen molar-refractivity contribution in [3.63, 3.8) is 0 Å². The zero-order chi connectivity index (χ0) is 25.7. The smallest absolute Gasteiger partial charge is 0.338 e. The van der Waals surface area contributed by atoms with Gasteiger partial charge in [-0.2, -0.15) is 4.68 Å². The lowest BCUT2D eigenvalue weighted by atomic mass is 10.0. The number of imidazole rings is 1. The van der Waals surface area contributed by atoms with Gasteiger partial charge in [0.05, 0.1) is 29.2 Å². The molecule has 1 atom stereocenters. The molecular weight excluding hydrogens is 501 g/mol. The van der Waals surface area contributed by atoms with Gasteiger partial charge in [0.1, 0.15) is 18.0 Å². The van der Waals surface area contributed by atoms with E-state index in [0.717, 1.165) is 11.3 Å². The van der Waals surface area contributed by atoms with Crippen LogP contribution in [0.2, 0.25) is 5.02 Å². The average molecular weight is 518 g/mol. The molecule has 0 spiro atoms. The fourth-order valence-electron chi connectivity index (χ4n) is 4.77. The van der Waals surface area contributed by atoms with Crippen LogP contribution in [0.5, 0.6) is 0 Å². The molecule has 0 radical (unpaired) electrons. The predicted octanol–water partition coefficient (Wildman–Crippen LogP) is 3.91. The highest BCUT2D eigenvalue weighted by Gasteiger charge is 2.28. The molecule has 0 bridgehead atoms. The molecular formula is C25H17ClFN7O3. The van der Waals surface area contributed by atoms with Crippen molar-refractivity contribution in [2.75, 3.05) is 0 Å². The molecule has 37 heavy (non-hydrogen) atoms. The molecule has 0 fully saturated rings. The first-order valence-corrected chi connectivity index (χ1v) is 11.6. The molecule has 1 aliphatic rings. The van der Waals surface area contributed by atoms with Crippen LogP contribution in [0.15, 0.2) is 65.8 Å². The van der Waals surface area contributed by atoms with Crippen molar-refractivity contribution >= 4 is 17.6 Å². The van der Waals surface area contributed by atoms with Crippen LogP contribution in [0, 0.1) is 5.82 Å². The molecule has 2 N–H and O–H groups in total. The van der Waals surface area contributed by atoms with Gasteiger partial charge in [-0.25, -0.2) is 14.2 Å². The van der Waals surface area contributed by atoms with Crippen LogP contribution in [0.1, 0.15) is 34.3 Å². The summed E-state index contributed by atoms with van der Waals surface area (Å²) in [5, 5.41) is 21.0. The van der Waals surface area contributed by atoms with Crippen LogP contribution >= 0.6 is 11.6 Å². The molecule has 0 aliphatic carbocycles. The molecule has 2 aromatic carbocycles. The van der Waals surface area contributed by atoms with E-state index in [9.17, 15) is 19.1 Å². The van der Waals surface area contributed by atoms with Crippen LogP contribution in [-0.4, -0.2) is 45.8 Å². The Morgan fingerprint density at radius 3 is 2.81 bits per heavy atom. The van der Waals surface area contributed by atoms with Crippen LogP contribution in [0.4, 0.5) is 4.39 Å². The van der Waals surface area contributed by atoms with Crippen molar-refractivity contribution in [2.45, 2.75) is 18.9 Å². The molecule has 4 heterocycles. The van der Waals surface area contributed by atoms with Crippen molar-refractivity contribution in [3.05, 3.63) is 99.3 Å². The van der Waals surface area contributed by atoms with Crippen LogP contribution in [0.25, 0.3) is 28.1 Å². The second-order valence-corrected chi connectivity index (χ2v) is 9.00. The monoisotopic (exact) mass is 517 g/mol. The number of hydrogen-bond acceptors (Lipinski definition) is 6. The fraction of sp³-hybridized carbons (Fsp3) is 0.120. The lowest BCUT2D eigenvalue weighted by Gasteiger charge is -2.15. The van der Waals surface area contributed by atoms with Crippen LogP contribution in [0.3, 0.4) is 0 Å². The third-order valence-electron chi connectivity index (χ3n) is 6.43. The zero-order valence-electron chi connectivity index (χ0n) is 19.0. The Kier molecular flexibility index (Phi) is 5.41. The largest absolute Gasteiger partial charge is 0.478 e. The minimum atomic E-state index is -1.35. The second kappa shape index (κ2) is 8.79. The van der Waals surface area contributed by atoms with Gasteiger partial charge in [-0.15, -0.1) is 5.10 Å². The Labute approximate surface area is 213 Å². The Balaban J connectivity index is 1.38. The number of pyridine rings is 1. The van der Waals surface area contributed by atoms with Gasteiger partial charge in [-0.1, -0.05) is 23.7 Å². The molecule has 184 valence electrons. The lowest BCUT2D eigenvalue weighted by molar-refractivity contribution is 0.0692. The number of benzene rings is 2. The van der Waals surface area contributed by atoms with Crippen molar-refractivity contribution < 1.29 is 14.3 Å². The Morgan fingerprint density at radius 2 is 2.03 bits per heavy atom. The van der Waals surface area contributed by atoms with E-state index in [1.54, 1.807) is 22.8 Å². The summed E-state index contributed by atoms with van der Waals surface area (Å²) < 4.78 is 17.9. The first-order valence-electron chi connectivity index (χ1n) is 11.3. The third-order valence-corrected chi connectivity index (χ3v) is 6.67. The quantitative estimate of drug-likeness (QED) is 0.361. The van der Waals surface area contributed by atoms with E-state index in [4.69, 9.17) is 11.6 Å². The van der Waals surface area contributed by atoms with Gasteiger partial charge in [0.15, 0.2) is 0 Å². The maximum Gasteiger partial charge on any atom is 0.338 e. The minimum absolute atomic E-state index is 0.0948. The van der Waals surface area contributed by atoms with Crippen LogP contribution < -0.4 is 5.56 Å². The number of carboxylic acids is 1.